The van der Waals surface area contributed by atoms with E-state index in [1.54, 1.807) is 36.5 Å². The molecule has 0 aliphatic heterocycles. The molecule has 4 aromatic rings. The Morgan fingerprint density at radius 2 is 1.55 bits per heavy atom. The molecule has 0 aliphatic carbocycles. The van der Waals surface area contributed by atoms with Gasteiger partial charge in [-0.15, -0.1) is 5.10 Å². The SMILES string of the molecule is NN/N=C(\N)c1cc(N)ccc1C(=O)NCCCCNC(=O)c1ccc(CCc2cnc3nc(N)nc(N)c3n2)cc1. The van der Waals surface area contributed by atoms with Gasteiger partial charge in [0.05, 0.1) is 17.5 Å². The summed E-state index contributed by atoms with van der Waals surface area (Å²) in [6, 6.07) is 12.1. The van der Waals surface area contributed by atoms with Crippen molar-refractivity contribution in [2.24, 2.45) is 16.7 Å². The van der Waals surface area contributed by atoms with Crippen molar-refractivity contribution in [3.8, 4) is 0 Å². The van der Waals surface area contributed by atoms with E-state index in [1.807, 2.05) is 12.1 Å². The van der Waals surface area contributed by atoms with Crippen molar-refractivity contribution < 1.29 is 9.59 Å². The second-order valence-electron chi connectivity index (χ2n) is 9.35. The van der Waals surface area contributed by atoms with Crippen LogP contribution in [0.5, 0.6) is 0 Å². The van der Waals surface area contributed by atoms with E-state index in [0.29, 0.717) is 72.3 Å². The van der Waals surface area contributed by atoms with Crippen molar-refractivity contribution >= 4 is 46.3 Å². The Balaban J connectivity index is 1.19. The van der Waals surface area contributed by atoms with Crippen LogP contribution in [0.4, 0.5) is 17.5 Å². The fraction of sp³-hybridized carbons (Fsp3) is 0.222. The molecule has 0 fully saturated rings. The number of amides is 2. The van der Waals surface area contributed by atoms with Crippen LogP contribution in [0.1, 0.15) is 50.4 Å². The summed E-state index contributed by atoms with van der Waals surface area (Å²) >= 11 is 0. The van der Waals surface area contributed by atoms with Crippen molar-refractivity contribution in [2.45, 2.75) is 25.7 Å². The molecule has 0 saturated heterocycles. The molecule has 42 heavy (non-hydrogen) atoms. The molecule has 4 rings (SSSR count). The number of hydrogen-bond donors (Lipinski definition) is 8. The molecule has 15 heteroatoms. The van der Waals surface area contributed by atoms with Gasteiger partial charge in [-0.2, -0.15) is 9.97 Å². The number of nitrogen functional groups attached to an aromatic ring is 3. The molecule has 2 aromatic carbocycles. The van der Waals surface area contributed by atoms with E-state index in [0.717, 1.165) is 11.3 Å². The number of rotatable bonds is 12. The second-order valence-corrected chi connectivity index (χ2v) is 9.35. The van der Waals surface area contributed by atoms with Crippen molar-refractivity contribution in [1.29, 1.82) is 0 Å². The Morgan fingerprint density at radius 3 is 2.26 bits per heavy atom. The van der Waals surface area contributed by atoms with Crippen LogP contribution < -0.4 is 44.9 Å². The Hall–Kier alpha value is -5.57. The molecule has 0 atom stereocenters. The van der Waals surface area contributed by atoms with Gasteiger partial charge in [0.25, 0.3) is 11.8 Å². The highest BCUT2D eigenvalue weighted by molar-refractivity contribution is 6.09. The molecule has 2 heterocycles. The lowest BCUT2D eigenvalue weighted by Gasteiger charge is -2.11. The maximum absolute atomic E-state index is 12.6. The molecule has 0 unspecified atom stereocenters. The molecule has 0 radical (unpaired) electrons. The van der Waals surface area contributed by atoms with Gasteiger partial charge >= 0.3 is 0 Å². The molecule has 0 spiro atoms. The number of nitrogens with zero attached hydrogens (tertiary/aromatic N) is 5. The van der Waals surface area contributed by atoms with E-state index in [-0.39, 0.29) is 29.4 Å². The van der Waals surface area contributed by atoms with Gasteiger partial charge < -0.3 is 33.6 Å². The van der Waals surface area contributed by atoms with Gasteiger partial charge in [-0.1, -0.05) is 12.1 Å². The van der Waals surface area contributed by atoms with Crippen molar-refractivity contribution in [3.05, 3.63) is 76.6 Å². The van der Waals surface area contributed by atoms with Gasteiger partial charge in [0, 0.05) is 29.9 Å². The average molecular weight is 572 g/mol. The van der Waals surface area contributed by atoms with Crippen LogP contribution in [0.15, 0.2) is 53.8 Å². The first-order valence-corrected chi connectivity index (χ1v) is 13.1. The molecule has 218 valence electrons. The second kappa shape index (κ2) is 13.7. The molecule has 2 aromatic heterocycles. The molecular formula is C27H33N13O2. The number of anilines is 3. The van der Waals surface area contributed by atoms with E-state index in [1.165, 1.54) is 0 Å². The smallest absolute Gasteiger partial charge is 0.252 e. The third-order valence-electron chi connectivity index (χ3n) is 6.31. The van der Waals surface area contributed by atoms with Crippen LogP contribution >= 0.6 is 0 Å². The molecule has 13 N–H and O–H groups in total. The number of benzene rings is 2. The molecule has 0 saturated carbocycles. The van der Waals surface area contributed by atoms with Crippen molar-refractivity contribution in [3.63, 3.8) is 0 Å². The minimum Gasteiger partial charge on any atom is -0.399 e. The Bertz CT molecular complexity index is 1610. The fourth-order valence-corrected chi connectivity index (χ4v) is 4.15. The van der Waals surface area contributed by atoms with Gasteiger partial charge in [-0.25, -0.2) is 21.3 Å². The lowest BCUT2D eigenvalue weighted by atomic mass is 10.0. The lowest BCUT2D eigenvalue weighted by Crippen LogP contribution is -2.30. The first kappa shape index (κ1) is 29.4. The highest BCUT2D eigenvalue weighted by atomic mass is 16.2. The molecule has 2 amide bonds. The predicted molar refractivity (Wildman–Crippen MR) is 161 cm³/mol. The minimum atomic E-state index is -0.319. The summed E-state index contributed by atoms with van der Waals surface area (Å²) in [4.78, 5) is 41.9. The van der Waals surface area contributed by atoms with E-state index in [4.69, 9.17) is 28.8 Å². The lowest BCUT2D eigenvalue weighted by molar-refractivity contribution is 0.0939. The first-order valence-electron chi connectivity index (χ1n) is 13.1. The van der Waals surface area contributed by atoms with Crippen LogP contribution in [-0.2, 0) is 12.8 Å². The van der Waals surface area contributed by atoms with Crippen LogP contribution in [-0.4, -0.2) is 50.7 Å². The number of aromatic nitrogens is 4. The van der Waals surface area contributed by atoms with Crippen molar-refractivity contribution in [2.75, 3.05) is 30.3 Å². The summed E-state index contributed by atoms with van der Waals surface area (Å²) in [5.41, 5.74) is 29.5. The Kier molecular flexibility index (Phi) is 9.57. The minimum absolute atomic E-state index is 0.0392. The van der Waals surface area contributed by atoms with Crippen LogP contribution in [0, 0.1) is 0 Å². The third kappa shape index (κ3) is 7.54. The van der Waals surface area contributed by atoms with Crippen LogP contribution in [0.3, 0.4) is 0 Å². The zero-order valence-electron chi connectivity index (χ0n) is 22.8. The van der Waals surface area contributed by atoms with Crippen LogP contribution in [0.2, 0.25) is 0 Å². The Labute approximate surface area is 241 Å². The number of nitrogens with one attached hydrogen (secondary N) is 3. The number of unbranched alkanes of at least 4 members (excludes halogenated alkanes) is 1. The number of carbonyl (C=O) groups excluding carboxylic acids is 2. The molecular weight excluding hydrogens is 538 g/mol. The number of hydrazine groups is 1. The number of amidine groups is 1. The monoisotopic (exact) mass is 571 g/mol. The largest absolute Gasteiger partial charge is 0.399 e. The molecule has 0 aliphatic rings. The fourth-order valence-electron chi connectivity index (χ4n) is 4.15. The molecule has 15 nitrogen and oxygen atoms in total. The summed E-state index contributed by atoms with van der Waals surface area (Å²) < 4.78 is 0. The highest BCUT2D eigenvalue weighted by Crippen LogP contribution is 2.16. The predicted octanol–water partition coefficient (Wildman–Crippen LogP) is -0.0248. The van der Waals surface area contributed by atoms with Gasteiger partial charge in [-0.05, 0) is 61.6 Å². The van der Waals surface area contributed by atoms with E-state index in [9.17, 15) is 9.59 Å². The zero-order valence-corrected chi connectivity index (χ0v) is 22.8. The number of nitrogens with two attached hydrogens (primary N) is 5. The van der Waals surface area contributed by atoms with E-state index < -0.39 is 0 Å². The number of hydrogen-bond acceptors (Lipinski definition) is 12. The summed E-state index contributed by atoms with van der Waals surface area (Å²) in [6.45, 7) is 0.874. The summed E-state index contributed by atoms with van der Waals surface area (Å²) in [5, 5.41) is 9.45. The number of hydrazone groups is 1. The standard InChI is InChI=1S/C27H33N13O2/c28-17-8-10-19(20(13-17)22(29)39-40-32)26(42)34-12-2-1-11-33-25(41)16-6-3-15(4-7-16)5-9-18-14-35-24-21(36-18)23(30)37-27(31)38-24/h3-4,6-8,10,13-14,40H,1-2,5,9,11-12,28,32H2,(H2,29,39)(H,33,41)(H,34,42)(H4,30,31,35,37,38). The average Bonchev–Trinajstić information content (AvgIpc) is 2.98. The topological polar surface area (TPSA) is 264 Å². The Morgan fingerprint density at radius 1 is 0.833 bits per heavy atom. The quantitative estimate of drug-likeness (QED) is 0.0278. The van der Waals surface area contributed by atoms with Crippen LogP contribution in [0.25, 0.3) is 11.2 Å². The third-order valence-corrected chi connectivity index (χ3v) is 6.31. The normalized spacial score (nSPS) is 11.3. The summed E-state index contributed by atoms with van der Waals surface area (Å²) in [5.74, 6) is 4.98. The number of carbonyl (C=O) groups is 2. The van der Waals surface area contributed by atoms with E-state index in [2.05, 4.69) is 41.2 Å². The van der Waals surface area contributed by atoms with Gasteiger partial charge in [0.1, 0.15) is 0 Å². The van der Waals surface area contributed by atoms with Gasteiger partial charge in [-0.3, -0.25) is 9.59 Å². The summed E-state index contributed by atoms with van der Waals surface area (Å²) in [7, 11) is 0. The first-order chi connectivity index (χ1) is 20.2. The van der Waals surface area contributed by atoms with Gasteiger partial charge in [0.2, 0.25) is 5.95 Å². The number of aryl methyl sites for hydroxylation is 2. The molecule has 0 bridgehead atoms. The maximum atomic E-state index is 12.6. The van der Waals surface area contributed by atoms with E-state index >= 15 is 0 Å². The maximum Gasteiger partial charge on any atom is 0.252 e. The highest BCUT2D eigenvalue weighted by Gasteiger charge is 2.14. The van der Waals surface area contributed by atoms with Crippen molar-refractivity contribution in [1.82, 2.24) is 36.1 Å². The summed E-state index contributed by atoms with van der Waals surface area (Å²) in [6.07, 6.45) is 4.30. The zero-order chi connectivity index (χ0) is 30.1. The number of fused-ring (bicyclic) bond motifs is 1. The van der Waals surface area contributed by atoms with Gasteiger partial charge in [0.15, 0.2) is 22.8 Å².